The molecule has 0 spiro atoms. The molecule has 2 rings (SSSR count). The van der Waals surface area contributed by atoms with E-state index in [1.807, 2.05) is 0 Å². The number of nitrogens with zero attached hydrogens (tertiary/aromatic N) is 1. The molecule has 0 fully saturated rings. The number of amides is 1. The highest BCUT2D eigenvalue weighted by Gasteiger charge is 2.05. The summed E-state index contributed by atoms with van der Waals surface area (Å²) in [7, 11) is 1.68. The third-order valence-corrected chi connectivity index (χ3v) is 3.06. The molecule has 1 heterocycles. The highest BCUT2D eigenvalue weighted by molar-refractivity contribution is 5.90. The Morgan fingerprint density at radius 1 is 1.07 bits per heavy atom. The van der Waals surface area contributed by atoms with Crippen LogP contribution in [0.2, 0.25) is 0 Å². The molecule has 2 aromatic rings. The van der Waals surface area contributed by atoms with E-state index in [-0.39, 0.29) is 30.7 Å². The van der Waals surface area contributed by atoms with E-state index in [4.69, 9.17) is 27.7 Å². The molecule has 0 bridgehead atoms. The third kappa shape index (κ3) is 8.03. The summed E-state index contributed by atoms with van der Waals surface area (Å²) in [6.45, 7) is 0.477. The SMILES string of the molecule is CNCC(=O)Oc1ccccc1N.NCCC(=O)Nc1ccc(N)c(N)n1. The predicted octanol–water partition coefficient (Wildman–Crippen LogP) is -0.0731. The number of hydrogen-bond acceptors (Lipinski definition) is 9. The van der Waals surface area contributed by atoms with E-state index in [0.29, 0.717) is 29.5 Å². The number of rotatable bonds is 6. The maximum atomic E-state index is 11.1. The van der Waals surface area contributed by atoms with Crippen LogP contribution in [0.1, 0.15) is 6.42 Å². The molecule has 0 aliphatic rings. The largest absolute Gasteiger partial charge is 0.423 e. The number of esters is 1. The number of aromatic nitrogens is 1. The Labute approximate surface area is 157 Å². The maximum Gasteiger partial charge on any atom is 0.325 e. The number of carbonyl (C=O) groups is 2. The zero-order chi connectivity index (χ0) is 20.2. The number of benzene rings is 1. The number of nitrogens with two attached hydrogens (primary N) is 4. The van der Waals surface area contributed by atoms with Crippen molar-refractivity contribution in [1.82, 2.24) is 10.3 Å². The van der Waals surface area contributed by atoms with Crippen LogP contribution in [-0.2, 0) is 9.59 Å². The van der Waals surface area contributed by atoms with Gasteiger partial charge in [-0.2, -0.15) is 0 Å². The molecule has 0 aliphatic carbocycles. The van der Waals surface area contributed by atoms with E-state index in [0.717, 1.165) is 0 Å². The van der Waals surface area contributed by atoms with Crippen molar-refractivity contribution in [2.24, 2.45) is 5.73 Å². The lowest BCUT2D eigenvalue weighted by Crippen LogP contribution is -2.23. The molecule has 10 heteroatoms. The van der Waals surface area contributed by atoms with Crippen LogP contribution in [0.15, 0.2) is 36.4 Å². The van der Waals surface area contributed by atoms with Gasteiger partial charge in [0, 0.05) is 13.0 Å². The second kappa shape index (κ2) is 11.3. The lowest BCUT2D eigenvalue weighted by molar-refractivity contribution is -0.133. The number of pyridine rings is 1. The molecule has 0 radical (unpaired) electrons. The Morgan fingerprint density at radius 2 is 1.78 bits per heavy atom. The predicted molar refractivity (Wildman–Crippen MR) is 106 cm³/mol. The van der Waals surface area contributed by atoms with Crippen LogP contribution >= 0.6 is 0 Å². The average molecular weight is 375 g/mol. The van der Waals surface area contributed by atoms with Crippen molar-refractivity contribution in [1.29, 1.82) is 0 Å². The van der Waals surface area contributed by atoms with E-state index in [1.165, 1.54) is 0 Å². The van der Waals surface area contributed by atoms with Gasteiger partial charge < -0.3 is 38.3 Å². The first kappa shape index (κ1) is 21.7. The summed E-state index contributed by atoms with van der Waals surface area (Å²) in [5, 5.41) is 5.24. The number of anilines is 4. The molecule has 146 valence electrons. The van der Waals surface area contributed by atoms with Gasteiger partial charge in [-0.15, -0.1) is 0 Å². The van der Waals surface area contributed by atoms with E-state index in [9.17, 15) is 9.59 Å². The van der Waals surface area contributed by atoms with E-state index in [1.54, 1.807) is 43.4 Å². The Hall–Kier alpha value is -3.37. The Morgan fingerprint density at radius 3 is 2.37 bits per heavy atom. The second-order valence-electron chi connectivity index (χ2n) is 5.30. The Balaban J connectivity index is 0.000000271. The van der Waals surface area contributed by atoms with Gasteiger partial charge in [0.05, 0.1) is 17.9 Å². The fraction of sp³-hybridized carbons (Fsp3) is 0.235. The second-order valence-corrected chi connectivity index (χ2v) is 5.30. The van der Waals surface area contributed by atoms with Gasteiger partial charge in [0.15, 0.2) is 5.75 Å². The van der Waals surface area contributed by atoms with Gasteiger partial charge in [-0.1, -0.05) is 12.1 Å². The Bertz CT molecular complexity index is 768. The van der Waals surface area contributed by atoms with Gasteiger partial charge in [-0.05, 0) is 31.3 Å². The van der Waals surface area contributed by atoms with Gasteiger partial charge in [0.2, 0.25) is 5.91 Å². The van der Waals surface area contributed by atoms with Crippen molar-refractivity contribution in [3.8, 4) is 5.75 Å². The number of nitrogens with one attached hydrogen (secondary N) is 2. The number of ether oxygens (including phenoxy) is 1. The third-order valence-electron chi connectivity index (χ3n) is 3.06. The van der Waals surface area contributed by atoms with Gasteiger partial charge in [0.25, 0.3) is 0 Å². The summed E-state index contributed by atoms with van der Waals surface area (Å²) in [6.07, 6.45) is 0.256. The summed E-state index contributed by atoms with van der Waals surface area (Å²) < 4.78 is 4.96. The molecule has 1 aromatic heterocycles. The average Bonchev–Trinajstić information content (AvgIpc) is 2.61. The number of para-hydroxylation sites is 2. The molecular formula is C17H25N7O3. The molecule has 10 nitrogen and oxygen atoms in total. The Kier molecular flexibility index (Phi) is 9.06. The first-order valence-corrected chi connectivity index (χ1v) is 8.09. The lowest BCUT2D eigenvalue weighted by atomic mass is 10.3. The topological polar surface area (TPSA) is 184 Å². The molecule has 0 aliphatic heterocycles. The summed E-state index contributed by atoms with van der Waals surface area (Å²) >= 11 is 0. The quantitative estimate of drug-likeness (QED) is 0.228. The van der Waals surface area contributed by atoms with Crippen LogP contribution in [0.5, 0.6) is 5.75 Å². The molecule has 0 saturated carbocycles. The molecule has 0 unspecified atom stereocenters. The van der Waals surface area contributed by atoms with E-state index < -0.39 is 0 Å². The van der Waals surface area contributed by atoms with Crippen LogP contribution in [-0.4, -0.2) is 37.0 Å². The minimum Gasteiger partial charge on any atom is -0.423 e. The van der Waals surface area contributed by atoms with E-state index >= 15 is 0 Å². The molecule has 1 amide bonds. The fourth-order valence-electron chi connectivity index (χ4n) is 1.77. The molecule has 10 N–H and O–H groups in total. The van der Waals surface area contributed by atoms with Crippen molar-refractivity contribution in [2.45, 2.75) is 6.42 Å². The first-order chi connectivity index (χ1) is 12.9. The molecule has 0 saturated heterocycles. The van der Waals surface area contributed by atoms with Crippen molar-refractivity contribution in [3.05, 3.63) is 36.4 Å². The smallest absolute Gasteiger partial charge is 0.325 e. The van der Waals surface area contributed by atoms with E-state index in [2.05, 4.69) is 15.6 Å². The van der Waals surface area contributed by atoms with Gasteiger partial charge in [-0.3, -0.25) is 9.59 Å². The highest BCUT2D eigenvalue weighted by atomic mass is 16.5. The van der Waals surface area contributed by atoms with Crippen LogP contribution in [0.25, 0.3) is 0 Å². The van der Waals surface area contributed by atoms with Crippen molar-refractivity contribution < 1.29 is 14.3 Å². The lowest BCUT2D eigenvalue weighted by Gasteiger charge is -2.05. The number of nitrogen functional groups attached to an aromatic ring is 3. The monoisotopic (exact) mass is 375 g/mol. The van der Waals surface area contributed by atoms with Crippen molar-refractivity contribution in [3.63, 3.8) is 0 Å². The molecule has 27 heavy (non-hydrogen) atoms. The number of hydrogen-bond donors (Lipinski definition) is 6. The zero-order valence-corrected chi connectivity index (χ0v) is 15.1. The zero-order valence-electron chi connectivity index (χ0n) is 15.1. The van der Waals surface area contributed by atoms with Crippen molar-refractivity contribution in [2.75, 3.05) is 42.7 Å². The number of likely N-dealkylation sites (N-methyl/N-ethyl adjacent to an activating group) is 1. The number of carbonyl (C=O) groups excluding carboxylic acids is 2. The van der Waals surface area contributed by atoms with Crippen LogP contribution in [0.4, 0.5) is 23.0 Å². The summed E-state index contributed by atoms with van der Waals surface area (Å²) in [6, 6.07) is 10.1. The molecular weight excluding hydrogens is 350 g/mol. The highest BCUT2D eigenvalue weighted by Crippen LogP contribution is 2.19. The fourth-order valence-corrected chi connectivity index (χ4v) is 1.77. The van der Waals surface area contributed by atoms with Crippen LogP contribution < -0.4 is 38.3 Å². The maximum absolute atomic E-state index is 11.1. The van der Waals surface area contributed by atoms with Gasteiger partial charge in [0.1, 0.15) is 11.6 Å². The van der Waals surface area contributed by atoms with Crippen LogP contribution in [0.3, 0.4) is 0 Å². The molecule has 0 atom stereocenters. The standard InChI is InChI=1S/C9H12N2O2.C8H13N5O/c1-11-6-9(12)13-8-5-3-2-4-7(8)10;9-4-3-7(14)12-6-2-1-5(10)8(11)13-6/h2-5,11H,6,10H2,1H3;1-2H,3-4,9-10H2,(H3,11,12,13,14). The van der Waals surface area contributed by atoms with Gasteiger partial charge >= 0.3 is 5.97 Å². The normalized spacial score (nSPS) is 9.70. The first-order valence-electron chi connectivity index (χ1n) is 8.09. The summed E-state index contributed by atoms with van der Waals surface area (Å²) in [5.74, 6) is 0.456. The minimum atomic E-state index is -0.347. The van der Waals surface area contributed by atoms with Crippen molar-refractivity contribution >= 4 is 34.9 Å². The molecule has 1 aromatic carbocycles. The minimum absolute atomic E-state index is 0.175. The van der Waals surface area contributed by atoms with Crippen LogP contribution in [0, 0.1) is 0 Å². The summed E-state index contributed by atoms with van der Waals surface area (Å²) in [4.78, 5) is 26.0. The van der Waals surface area contributed by atoms with Gasteiger partial charge in [-0.25, -0.2) is 4.98 Å². The summed E-state index contributed by atoms with van der Waals surface area (Å²) in [5.41, 5.74) is 22.6.